The van der Waals surface area contributed by atoms with E-state index >= 15 is 0 Å². The average molecular weight is 406 g/mol. The number of hydrogen-bond donors (Lipinski definition) is 0. The van der Waals surface area contributed by atoms with Gasteiger partial charge in [-0.1, -0.05) is 35.3 Å². The van der Waals surface area contributed by atoms with Gasteiger partial charge in [-0.3, -0.25) is 0 Å². The van der Waals surface area contributed by atoms with E-state index in [0.29, 0.717) is 27.1 Å². The van der Waals surface area contributed by atoms with E-state index in [4.69, 9.17) is 42.7 Å². The minimum absolute atomic E-state index is 0.0967. The molecule has 5 nitrogen and oxygen atoms in total. The molecule has 27 heavy (non-hydrogen) atoms. The summed E-state index contributed by atoms with van der Waals surface area (Å²) in [5.41, 5.74) is 1.29. The van der Waals surface area contributed by atoms with Crippen LogP contribution in [0.25, 0.3) is 6.08 Å². The Balaban J connectivity index is 2.20. The Hall–Kier alpha value is -2.68. The Bertz CT molecular complexity index is 903. The summed E-state index contributed by atoms with van der Waals surface area (Å²) in [5.74, 6) is 0.280. The van der Waals surface area contributed by atoms with Crippen LogP contribution in [0, 0.1) is 11.3 Å². The highest BCUT2D eigenvalue weighted by Gasteiger charge is 2.12. The van der Waals surface area contributed by atoms with Crippen molar-refractivity contribution in [3.8, 4) is 17.6 Å². The highest BCUT2D eigenvalue weighted by molar-refractivity contribution is 6.35. The molecule has 2 aromatic rings. The number of methoxy groups -OCH3 is 1. The Morgan fingerprint density at radius 3 is 2.59 bits per heavy atom. The second-order valence-corrected chi connectivity index (χ2v) is 6.17. The molecule has 0 unspecified atom stereocenters. The fourth-order valence-corrected chi connectivity index (χ4v) is 2.66. The van der Waals surface area contributed by atoms with Crippen LogP contribution in [0.15, 0.2) is 42.0 Å². The molecule has 0 N–H and O–H groups in total. The normalized spacial score (nSPS) is 10.9. The number of rotatable bonds is 7. The Labute approximate surface area is 167 Å². The first kappa shape index (κ1) is 20.6. The number of carbonyl (C=O) groups is 1. The number of esters is 1. The molecule has 0 aliphatic carbocycles. The van der Waals surface area contributed by atoms with Crippen LogP contribution in [0.4, 0.5) is 0 Å². The minimum atomic E-state index is -0.670. The predicted octanol–water partition coefficient (Wildman–Crippen LogP) is 5.05. The molecule has 0 aliphatic rings. The number of carbonyl (C=O) groups excluding carboxylic acids is 1. The summed E-state index contributed by atoms with van der Waals surface area (Å²) >= 11 is 12.0. The van der Waals surface area contributed by atoms with Gasteiger partial charge in [-0.15, -0.1) is 0 Å². The lowest BCUT2D eigenvalue weighted by atomic mass is 10.1. The van der Waals surface area contributed by atoms with Crippen molar-refractivity contribution in [1.29, 1.82) is 5.26 Å². The highest BCUT2D eigenvalue weighted by atomic mass is 35.5. The fraction of sp³-hybridized carbons (Fsp3) is 0.200. The molecular formula is C20H17Cl2NO4. The maximum absolute atomic E-state index is 11.7. The van der Waals surface area contributed by atoms with Gasteiger partial charge in [0, 0.05) is 15.6 Å². The van der Waals surface area contributed by atoms with Crippen molar-refractivity contribution >= 4 is 35.2 Å². The smallest absolute Gasteiger partial charge is 0.348 e. The van der Waals surface area contributed by atoms with Crippen LogP contribution in [0.1, 0.15) is 18.1 Å². The van der Waals surface area contributed by atoms with Crippen LogP contribution in [-0.4, -0.2) is 19.7 Å². The summed E-state index contributed by atoms with van der Waals surface area (Å²) < 4.78 is 16.0. The van der Waals surface area contributed by atoms with Gasteiger partial charge in [0.1, 0.15) is 18.2 Å². The summed E-state index contributed by atoms with van der Waals surface area (Å²) in [7, 11) is 1.50. The summed E-state index contributed by atoms with van der Waals surface area (Å²) in [5, 5.41) is 10.2. The first-order valence-electron chi connectivity index (χ1n) is 8.02. The monoisotopic (exact) mass is 405 g/mol. The molecule has 0 aromatic heterocycles. The molecule has 7 heteroatoms. The number of halogens is 2. The van der Waals surface area contributed by atoms with Gasteiger partial charge >= 0.3 is 5.97 Å². The summed E-state index contributed by atoms with van der Waals surface area (Å²) in [6, 6.07) is 12.1. The zero-order valence-corrected chi connectivity index (χ0v) is 16.3. The van der Waals surface area contributed by atoms with E-state index < -0.39 is 5.97 Å². The maximum atomic E-state index is 11.7. The molecule has 0 fully saturated rings. The molecule has 0 saturated carbocycles. The van der Waals surface area contributed by atoms with Gasteiger partial charge in [0.15, 0.2) is 11.5 Å². The van der Waals surface area contributed by atoms with Crippen LogP contribution in [0.3, 0.4) is 0 Å². The number of benzene rings is 2. The van der Waals surface area contributed by atoms with Gasteiger partial charge in [0.05, 0.1) is 13.7 Å². The summed E-state index contributed by atoms with van der Waals surface area (Å²) in [4.78, 5) is 11.7. The van der Waals surface area contributed by atoms with E-state index in [1.54, 1.807) is 43.3 Å². The zero-order chi connectivity index (χ0) is 19.8. The molecule has 140 valence electrons. The third kappa shape index (κ3) is 5.65. The van der Waals surface area contributed by atoms with E-state index in [9.17, 15) is 4.79 Å². The molecule has 0 aliphatic heterocycles. The van der Waals surface area contributed by atoms with E-state index in [-0.39, 0.29) is 18.8 Å². The van der Waals surface area contributed by atoms with Crippen molar-refractivity contribution in [3.63, 3.8) is 0 Å². The van der Waals surface area contributed by atoms with Gasteiger partial charge in [-0.25, -0.2) is 4.79 Å². The van der Waals surface area contributed by atoms with E-state index in [1.807, 2.05) is 6.07 Å². The van der Waals surface area contributed by atoms with Crippen molar-refractivity contribution in [2.24, 2.45) is 0 Å². The van der Waals surface area contributed by atoms with Crippen molar-refractivity contribution in [2.45, 2.75) is 13.5 Å². The molecule has 0 amide bonds. The van der Waals surface area contributed by atoms with Crippen LogP contribution < -0.4 is 9.47 Å². The molecule has 0 atom stereocenters. The average Bonchev–Trinajstić information content (AvgIpc) is 2.66. The summed E-state index contributed by atoms with van der Waals surface area (Å²) in [6.45, 7) is 2.10. The SMILES string of the molecule is CCOC(=O)/C(C#N)=C\c1ccc(OCc2ccc(Cl)cc2Cl)c(OC)c1. The molecular weight excluding hydrogens is 389 g/mol. The Morgan fingerprint density at radius 1 is 1.19 bits per heavy atom. The van der Waals surface area contributed by atoms with E-state index in [0.717, 1.165) is 5.56 Å². The van der Waals surface area contributed by atoms with Gasteiger partial charge < -0.3 is 14.2 Å². The molecule has 0 radical (unpaired) electrons. The van der Waals surface area contributed by atoms with E-state index in [2.05, 4.69) is 0 Å². The standard InChI is InChI=1S/C20H17Cl2NO4/c1-3-26-20(24)15(11-23)8-13-4-7-18(19(9-13)25-2)27-12-14-5-6-16(21)10-17(14)22/h4-10H,3,12H2,1-2H3/b15-8-. The van der Waals surface area contributed by atoms with Crippen molar-refractivity contribution in [2.75, 3.05) is 13.7 Å². The quantitative estimate of drug-likeness (QED) is 0.366. The zero-order valence-electron chi connectivity index (χ0n) is 14.8. The first-order chi connectivity index (χ1) is 13.0. The van der Waals surface area contributed by atoms with Crippen LogP contribution in [-0.2, 0) is 16.1 Å². The van der Waals surface area contributed by atoms with Gasteiger partial charge in [0.25, 0.3) is 0 Å². The molecule has 2 rings (SSSR count). The lowest BCUT2D eigenvalue weighted by Gasteiger charge is -2.12. The van der Waals surface area contributed by atoms with Crippen LogP contribution >= 0.6 is 23.2 Å². The van der Waals surface area contributed by atoms with Crippen molar-refractivity contribution in [3.05, 3.63) is 63.1 Å². The lowest BCUT2D eigenvalue weighted by molar-refractivity contribution is -0.137. The Kier molecular flexibility index (Phi) is 7.54. The third-order valence-electron chi connectivity index (χ3n) is 3.51. The number of nitriles is 1. The van der Waals surface area contributed by atoms with Gasteiger partial charge in [0.2, 0.25) is 0 Å². The second-order valence-electron chi connectivity index (χ2n) is 5.32. The van der Waals surface area contributed by atoms with Crippen LogP contribution in [0.5, 0.6) is 11.5 Å². The maximum Gasteiger partial charge on any atom is 0.348 e. The highest BCUT2D eigenvalue weighted by Crippen LogP contribution is 2.31. The van der Waals surface area contributed by atoms with Crippen LogP contribution in [0.2, 0.25) is 10.0 Å². The number of nitrogens with zero attached hydrogens (tertiary/aromatic N) is 1. The molecule has 0 spiro atoms. The molecule has 0 heterocycles. The third-order valence-corrected chi connectivity index (χ3v) is 4.10. The van der Waals surface area contributed by atoms with Gasteiger partial charge in [-0.2, -0.15) is 5.26 Å². The first-order valence-corrected chi connectivity index (χ1v) is 8.77. The molecule has 2 aromatic carbocycles. The topological polar surface area (TPSA) is 68.6 Å². The second kappa shape index (κ2) is 9.86. The summed E-state index contributed by atoms with van der Waals surface area (Å²) in [6.07, 6.45) is 1.43. The fourth-order valence-electron chi connectivity index (χ4n) is 2.20. The van der Waals surface area contributed by atoms with Gasteiger partial charge in [-0.05, 0) is 42.8 Å². The molecule has 0 saturated heterocycles. The minimum Gasteiger partial charge on any atom is -0.493 e. The van der Waals surface area contributed by atoms with Crippen molar-refractivity contribution < 1.29 is 19.0 Å². The number of ether oxygens (including phenoxy) is 3. The van der Waals surface area contributed by atoms with E-state index in [1.165, 1.54) is 13.2 Å². The number of hydrogen-bond acceptors (Lipinski definition) is 5. The molecule has 0 bridgehead atoms. The lowest BCUT2D eigenvalue weighted by Crippen LogP contribution is -2.06. The largest absolute Gasteiger partial charge is 0.493 e. The van der Waals surface area contributed by atoms with Crippen molar-refractivity contribution in [1.82, 2.24) is 0 Å². The predicted molar refractivity (Wildman–Crippen MR) is 104 cm³/mol. The Morgan fingerprint density at radius 2 is 1.96 bits per heavy atom.